The predicted octanol–water partition coefficient (Wildman–Crippen LogP) is 2.77. The molecular formula is C22H25N3O3. The van der Waals surface area contributed by atoms with Crippen LogP contribution >= 0.6 is 0 Å². The molecule has 6 heteroatoms. The summed E-state index contributed by atoms with van der Waals surface area (Å²) in [4.78, 5) is 14.9. The highest BCUT2D eigenvalue weighted by Crippen LogP contribution is 2.30. The van der Waals surface area contributed by atoms with E-state index in [1.54, 1.807) is 30.3 Å². The lowest BCUT2D eigenvalue weighted by Gasteiger charge is -2.32. The third-order valence-electron chi connectivity index (χ3n) is 5.08. The fourth-order valence-corrected chi connectivity index (χ4v) is 3.36. The second-order valence-corrected chi connectivity index (χ2v) is 6.97. The number of nitrogens with one attached hydrogen (secondary N) is 1. The summed E-state index contributed by atoms with van der Waals surface area (Å²) >= 11 is 0. The van der Waals surface area contributed by atoms with E-state index in [0.717, 1.165) is 32.7 Å². The van der Waals surface area contributed by atoms with Crippen LogP contribution in [0.25, 0.3) is 11.1 Å². The van der Waals surface area contributed by atoms with Gasteiger partial charge < -0.3 is 15.2 Å². The Morgan fingerprint density at radius 3 is 2.82 bits per heavy atom. The Hall–Kier alpha value is -2.88. The third-order valence-corrected chi connectivity index (χ3v) is 5.08. The molecule has 146 valence electrons. The van der Waals surface area contributed by atoms with E-state index in [2.05, 4.69) is 23.2 Å². The van der Waals surface area contributed by atoms with Gasteiger partial charge in [-0.15, -0.1) is 0 Å². The fourth-order valence-electron chi connectivity index (χ4n) is 3.36. The zero-order chi connectivity index (χ0) is 19.9. The van der Waals surface area contributed by atoms with Gasteiger partial charge in [-0.1, -0.05) is 12.1 Å². The maximum absolute atomic E-state index is 12.5. The summed E-state index contributed by atoms with van der Waals surface area (Å²) in [6, 6.07) is 14.2. The van der Waals surface area contributed by atoms with E-state index in [0.29, 0.717) is 34.8 Å². The van der Waals surface area contributed by atoms with Crippen molar-refractivity contribution < 1.29 is 14.6 Å². The van der Waals surface area contributed by atoms with E-state index in [-0.39, 0.29) is 11.7 Å². The van der Waals surface area contributed by atoms with Crippen LogP contribution in [0, 0.1) is 11.3 Å². The van der Waals surface area contributed by atoms with Crippen molar-refractivity contribution in [3.05, 3.63) is 53.6 Å². The molecule has 6 nitrogen and oxygen atoms in total. The van der Waals surface area contributed by atoms with Crippen LogP contribution in [-0.4, -0.2) is 54.8 Å². The number of carbonyl (C=O) groups is 1. The summed E-state index contributed by atoms with van der Waals surface area (Å²) in [5, 5.41) is 22.2. The molecule has 0 saturated carbocycles. The first kappa shape index (κ1) is 19.9. The van der Waals surface area contributed by atoms with Gasteiger partial charge in [-0.25, -0.2) is 0 Å². The summed E-state index contributed by atoms with van der Waals surface area (Å²) in [5.41, 5.74) is 2.22. The number of hydrogen-bond acceptors (Lipinski definition) is 5. The summed E-state index contributed by atoms with van der Waals surface area (Å²) in [6.07, 6.45) is 0.871. The summed E-state index contributed by atoms with van der Waals surface area (Å²) in [7, 11) is 0. The Labute approximate surface area is 165 Å². The number of amides is 1. The van der Waals surface area contributed by atoms with E-state index in [1.807, 2.05) is 6.07 Å². The van der Waals surface area contributed by atoms with Crippen molar-refractivity contribution in [1.82, 2.24) is 10.2 Å². The Morgan fingerprint density at radius 1 is 1.29 bits per heavy atom. The van der Waals surface area contributed by atoms with E-state index >= 15 is 0 Å². The molecule has 0 unspecified atom stereocenters. The number of morpholine rings is 1. The molecule has 28 heavy (non-hydrogen) atoms. The highest BCUT2D eigenvalue weighted by Gasteiger charge is 2.17. The van der Waals surface area contributed by atoms with E-state index in [9.17, 15) is 9.90 Å². The van der Waals surface area contributed by atoms with Crippen LogP contribution in [0.2, 0.25) is 0 Å². The van der Waals surface area contributed by atoms with Gasteiger partial charge in [0.15, 0.2) is 0 Å². The second kappa shape index (κ2) is 9.36. The summed E-state index contributed by atoms with van der Waals surface area (Å²) in [5.74, 6) is -0.0668. The number of nitrogens with zero attached hydrogens (tertiary/aromatic N) is 2. The van der Waals surface area contributed by atoms with Gasteiger partial charge in [-0.05, 0) is 49.2 Å². The van der Waals surface area contributed by atoms with E-state index in [1.165, 1.54) is 6.07 Å². The van der Waals surface area contributed by atoms with Gasteiger partial charge in [-0.2, -0.15) is 5.26 Å². The first-order valence-electron chi connectivity index (χ1n) is 9.52. The van der Waals surface area contributed by atoms with Crippen LogP contribution in [-0.2, 0) is 4.74 Å². The van der Waals surface area contributed by atoms with Crippen molar-refractivity contribution in [1.29, 1.82) is 5.26 Å². The standard InChI is InChI=1S/C22H25N3O3/c1-16(25-9-11-28-12-10-25)7-8-24-22(27)19-4-2-3-18(14-19)20-13-17(15-23)5-6-21(20)26/h2-6,13-14,16,26H,7-12H2,1H3,(H,24,27)/t16-/m1/s1. The lowest BCUT2D eigenvalue weighted by Crippen LogP contribution is -2.43. The van der Waals surface area contributed by atoms with Crippen LogP contribution in [0.15, 0.2) is 42.5 Å². The lowest BCUT2D eigenvalue weighted by atomic mass is 10.00. The van der Waals surface area contributed by atoms with Gasteiger partial charge in [-0.3, -0.25) is 9.69 Å². The largest absolute Gasteiger partial charge is 0.507 e. The Balaban J connectivity index is 1.62. The summed E-state index contributed by atoms with van der Waals surface area (Å²) < 4.78 is 5.37. The Morgan fingerprint density at radius 2 is 2.07 bits per heavy atom. The Bertz CT molecular complexity index is 870. The number of ether oxygens (including phenoxy) is 1. The van der Waals surface area contributed by atoms with Crippen molar-refractivity contribution >= 4 is 5.91 Å². The van der Waals surface area contributed by atoms with Gasteiger partial charge >= 0.3 is 0 Å². The molecule has 3 rings (SSSR count). The first-order valence-corrected chi connectivity index (χ1v) is 9.52. The molecular weight excluding hydrogens is 354 g/mol. The molecule has 1 amide bonds. The molecule has 0 aromatic heterocycles. The molecule has 0 bridgehead atoms. The van der Waals surface area contributed by atoms with Crippen LogP contribution in [0.1, 0.15) is 29.3 Å². The molecule has 2 aromatic carbocycles. The summed E-state index contributed by atoms with van der Waals surface area (Å²) in [6.45, 7) is 6.16. The molecule has 0 radical (unpaired) electrons. The molecule has 1 saturated heterocycles. The van der Waals surface area contributed by atoms with Gasteiger partial charge in [0.05, 0.1) is 24.8 Å². The Kier molecular flexibility index (Phi) is 6.64. The quantitative estimate of drug-likeness (QED) is 0.806. The number of benzene rings is 2. The van der Waals surface area contributed by atoms with Crippen LogP contribution < -0.4 is 5.32 Å². The van der Waals surface area contributed by atoms with Crippen LogP contribution in [0.4, 0.5) is 0 Å². The molecule has 1 aliphatic heterocycles. The SMILES string of the molecule is C[C@H](CCNC(=O)c1cccc(-c2cc(C#N)ccc2O)c1)N1CCOCC1. The van der Waals surface area contributed by atoms with E-state index < -0.39 is 0 Å². The minimum Gasteiger partial charge on any atom is -0.507 e. The minimum atomic E-state index is -0.146. The maximum atomic E-state index is 12.5. The smallest absolute Gasteiger partial charge is 0.251 e. The zero-order valence-electron chi connectivity index (χ0n) is 16.0. The molecule has 1 heterocycles. The van der Waals surface area contributed by atoms with E-state index in [4.69, 9.17) is 10.00 Å². The van der Waals surface area contributed by atoms with Gasteiger partial charge in [0.1, 0.15) is 5.75 Å². The third kappa shape index (κ3) is 4.89. The van der Waals surface area contributed by atoms with Crippen molar-refractivity contribution in [3.8, 4) is 22.9 Å². The number of carbonyl (C=O) groups excluding carboxylic acids is 1. The number of hydrogen-bond donors (Lipinski definition) is 2. The number of rotatable bonds is 6. The topological polar surface area (TPSA) is 85.6 Å². The van der Waals surface area contributed by atoms with Crippen molar-refractivity contribution in [2.24, 2.45) is 0 Å². The first-order chi connectivity index (χ1) is 13.6. The lowest BCUT2D eigenvalue weighted by molar-refractivity contribution is 0.0187. The second-order valence-electron chi connectivity index (χ2n) is 6.97. The van der Waals surface area contributed by atoms with Crippen LogP contribution in [0.5, 0.6) is 5.75 Å². The number of phenolic OH excluding ortho intramolecular Hbond substituents is 1. The van der Waals surface area contributed by atoms with Gasteiger partial charge in [0.25, 0.3) is 5.91 Å². The molecule has 2 aromatic rings. The zero-order valence-corrected chi connectivity index (χ0v) is 16.0. The normalized spacial score (nSPS) is 15.6. The minimum absolute atomic E-state index is 0.0795. The molecule has 1 atom stereocenters. The average molecular weight is 379 g/mol. The number of aromatic hydroxyl groups is 1. The van der Waals surface area contributed by atoms with Crippen molar-refractivity contribution in [3.63, 3.8) is 0 Å². The number of phenols is 1. The average Bonchev–Trinajstić information content (AvgIpc) is 2.74. The fraction of sp³-hybridized carbons (Fsp3) is 0.364. The van der Waals surface area contributed by atoms with Gasteiger partial charge in [0, 0.05) is 36.8 Å². The molecule has 1 aliphatic rings. The molecule has 2 N–H and O–H groups in total. The van der Waals surface area contributed by atoms with Crippen molar-refractivity contribution in [2.45, 2.75) is 19.4 Å². The molecule has 0 aliphatic carbocycles. The maximum Gasteiger partial charge on any atom is 0.251 e. The molecule has 1 fully saturated rings. The number of nitriles is 1. The predicted molar refractivity (Wildman–Crippen MR) is 107 cm³/mol. The highest BCUT2D eigenvalue weighted by molar-refractivity contribution is 5.95. The highest BCUT2D eigenvalue weighted by atomic mass is 16.5. The van der Waals surface area contributed by atoms with Crippen LogP contribution in [0.3, 0.4) is 0 Å². The van der Waals surface area contributed by atoms with Crippen molar-refractivity contribution in [2.75, 3.05) is 32.8 Å². The monoisotopic (exact) mass is 379 g/mol. The van der Waals surface area contributed by atoms with Gasteiger partial charge in [0.2, 0.25) is 0 Å². The molecule has 0 spiro atoms.